The molecule has 2 aliphatic rings. The molecule has 0 atom stereocenters. The lowest BCUT2D eigenvalue weighted by Gasteiger charge is -2.11. The Hall–Kier alpha value is -1.60. The number of hydrogen-bond donors (Lipinski definition) is 1. The molecule has 5 nitrogen and oxygen atoms in total. The SMILES string of the molecule is CCCN1C(=O)C(=Cc2cc3c(cc2Br)OCO3)NC1=S. The maximum Gasteiger partial charge on any atom is 0.276 e. The van der Waals surface area contributed by atoms with Gasteiger partial charge in [-0.1, -0.05) is 22.9 Å². The van der Waals surface area contributed by atoms with E-state index in [0.29, 0.717) is 28.9 Å². The molecule has 7 heteroatoms. The van der Waals surface area contributed by atoms with Crippen LogP contribution in [0.5, 0.6) is 11.5 Å². The molecule has 21 heavy (non-hydrogen) atoms. The first-order valence-electron chi connectivity index (χ1n) is 6.54. The standard InChI is InChI=1S/C14H13BrN2O3S/c1-2-3-17-13(18)10(16-14(17)21)4-8-5-11-12(6-9(8)15)20-7-19-11/h4-6H,2-3,7H2,1H3,(H,16,21). The summed E-state index contributed by atoms with van der Waals surface area (Å²) in [7, 11) is 0. The van der Waals surface area contributed by atoms with E-state index >= 15 is 0 Å². The molecule has 2 aliphatic heterocycles. The van der Waals surface area contributed by atoms with Crippen molar-refractivity contribution in [1.29, 1.82) is 0 Å². The predicted octanol–water partition coefficient (Wildman–Crippen LogP) is 2.65. The first-order valence-corrected chi connectivity index (χ1v) is 7.74. The third kappa shape index (κ3) is 2.63. The van der Waals surface area contributed by atoms with Crippen molar-refractivity contribution < 1.29 is 14.3 Å². The van der Waals surface area contributed by atoms with Gasteiger partial charge in [0, 0.05) is 11.0 Å². The van der Waals surface area contributed by atoms with Crippen LogP contribution in [0.25, 0.3) is 6.08 Å². The van der Waals surface area contributed by atoms with Crippen LogP contribution in [0.3, 0.4) is 0 Å². The summed E-state index contributed by atoms with van der Waals surface area (Å²) in [4.78, 5) is 13.9. The predicted molar refractivity (Wildman–Crippen MR) is 86.0 cm³/mol. The van der Waals surface area contributed by atoms with Crippen molar-refractivity contribution in [2.75, 3.05) is 13.3 Å². The summed E-state index contributed by atoms with van der Waals surface area (Å²) in [6, 6.07) is 3.66. The van der Waals surface area contributed by atoms with Crippen LogP contribution >= 0.6 is 28.1 Å². The van der Waals surface area contributed by atoms with Gasteiger partial charge >= 0.3 is 0 Å². The molecule has 2 heterocycles. The number of hydrogen-bond acceptors (Lipinski definition) is 4. The molecule has 0 saturated carbocycles. The molecule has 110 valence electrons. The van der Waals surface area contributed by atoms with E-state index in [1.165, 1.54) is 0 Å². The number of carbonyl (C=O) groups excluding carboxylic acids is 1. The Morgan fingerprint density at radius 2 is 2.14 bits per heavy atom. The fourth-order valence-corrected chi connectivity index (χ4v) is 2.92. The van der Waals surface area contributed by atoms with Gasteiger partial charge in [0.15, 0.2) is 16.6 Å². The van der Waals surface area contributed by atoms with Gasteiger partial charge in [-0.05, 0) is 42.4 Å². The van der Waals surface area contributed by atoms with Crippen molar-refractivity contribution in [3.63, 3.8) is 0 Å². The van der Waals surface area contributed by atoms with Gasteiger partial charge in [-0.25, -0.2) is 0 Å². The van der Waals surface area contributed by atoms with E-state index in [9.17, 15) is 4.79 Å². The van der Waals surface area contributed by atoms with Crippen LogP contribution in [0.15, 0.2) is 22.3 Å². The Balaban J connectivity index is 1.92. The number of benzene rings is 1. The second-order valence-electron chi connectivity index (χ2n) is 4.67. The first kappa shape index (κ1) is 14.3. The Morgan fingerprint density at radius 3 is 2.86 bits per heavy atom. The molecule has 1 amide bonds. The van der Waals surface area contributed by atoms with E-state index in [2.05, 4.69) is 21.2 Å². The molecular weight excluding hydrogens is 356 g/mol. The van der Waals surface area contributed by atoms with Crippen LogP contribution in [0.4, 0.5) is 0 Å². The lowest BCUT2D eigenvalue weighted by atomic mass is 10.1. The van der Waals surface area contributed by atoms with Crippen LogP contribution in [0.1, 0.15) is 18.9 Å². The molecule has 0 spiro atoms. The summed E-state index contributed by atoms with van der Waals surface area (Å²) in [5.41, 5.74) is 1.30. The molecule has 1 saturated heterocycles. The van der Waals surface area contributed by atoms with E-state index in [0.717, 1.165) is 16.5 Å². The lowest BCUT2D eigenvalue weighted by Crippen LogP contribution is -2.31. The Bertz CT molecular complexity index is 660. The van der Waals surface area contributed by atoms with Crippen molar-refractivity contribution >= 4 is 45.2 Å². The van der Waals surface area contributed by atoms with Crippen LogP contribution in [0.2, 0.25) is 0 Å². The van der Waals surface area contributed by atoms with Gasteiger partial charge in [-0.3, -0.25) is 9.69 Å². The number of amides is 1. The largest absolute Gasteiger partial charge is 0.454 e. The fraction of sp³-hybridized carbons (Fsp3) is 0.286. The minimum atomic E-state index is -0.105. The van der Waals surface area contributed by atoms with Crippen LogP contribution < -0.4 is 14.8 Å². The summed E-state index contributed by atoms with van der Waals surface area (Å²) in [5.74, 6) is 1.26. The van der Waals surface area contributed by atoms with E-state index < -0.39 is 0 Å². The van der Waals surface area contributed by atoms with Gasteiger partial charge in [-0.15, -0.1) is 0 Å². The Kier molecular flexibility index (Phi) is 3.86. The molecule has 1 aromatic rings. The van der Waals surface area contributed by atoms with Crippen molar-refractivity contribution in [3.05, 3.63) is 27.9 Å². The molecule has 0 radical (unpaired) electrons. The maximum atomic E-state index is 12.3. The molecule has 3 rings (SSSR count). The second-order valence-corrected chi connectivity index (χ2v) is 5.91. The van der Waals surface area contributed by atoms with E-state index in [1.54, 1.807) is 11.0 Å². The summed E-state index contributed by atoms with van der Waals surface area (Å²) in [6.45, 7) is 2.84. The molecule has 0 aliphatic carbocycles. The van der Waals surface area contributed by atoms with Crippen LogP contribution in [-0.2, 0) is 4.79 Å². The number of ether oxygens (including phenoxy) is 2. The van der Waals surface area contributed by atoms with Crippen molar-refractivity contribution in [2.45, 2.75) is 13.3 Å². The zero-order valence-corrected chi connectivity index (χ0v) is 13.7. The summed E-state index contributed by atoms with van der Waals surface area (Å²) >= 11 is 8.66. The number of thiocarbonyl (C=S) groups is 1. The fourth-order valence-electron chi connectivity index (χ4n) is 2.20. The molecular formula is C14H13BrN2O3S. The first-order chi connectivity index (χ1) is 10.1. The number of rotatable bonds is 3. The average Bonchev–Trinajstić information content (AvgIpc) is 2.99. The van der Waals surface area contributed by atoms with Gasteiger partial charge in [-0.2, -0.15) is 0 Å². The van der Waals surface area contributed by atoms with Crippen molar-refractivity contribution in [3.8, 4) is 11.5 Å². The quantitative estimate of drug-likeness (QED) is 0.656. The van der Waals surface area contributed by atoms with Crippen molar-refractivity contribution in [2.24, 2.45) is 0 Å². The Morgan fingerprint density at radius 1 is 1.43 bits per heavy atom. The highest BCUT2D eigenvalue weighted by atomic mass is 79.9. The number of nitrogens with zero attached hydrogens (tertiary/aromatic N) is 1. The van der Waals surface area contributed by atoms with Gasteiger partial charge in [0.2, 0.25) is 6.79 Å². The number of carbonyl (C=O) groups is 1. The van der Waals surface area contributed by atoms with E-state index in [1.807, 2.05) is 19.1 Å². The molecule has 1 N–H and O–H groups in total. The third-order valence-corrected chi connectivity index (χ3v) is 4.21. The Labute approximate surface area is 136 Å². The average molecular weight is 369 g/mol. The van der Waals surface area contributed by atoms with Gasteiger partial charge < -0.3 is 14.8 Å². The molecule has 1 aromatic carbocycles. The number of nitrogens with one attached hydrogen (secondary N) is 1. The highest BCUT2D eigenvalue weighted by molar-refractivity contribution is 9.10. The smallest absolute Gasteiger partial charge is 0.276 e. The number of fused-ring (bicyclic) bond motifs is 1. The summed E-state index contributed by atoms with van der Waals surface area (Å²) < 4.78 is 11.5. The summed E-state index contributed by atoms with van der Waals surface area (Å²) in [6.07, 6.45) is 2.62. The maximum absolute atomic E-state index is 12.3. The molecule has 1 fully saturated rings. The third-order valence-electron chi connectivity index (χ3n) is 3.20. The minimum absolute atomic E-state index is 0.105. The van der Waals surface area contributed by atoms with Crippen LogP contribution in [0, 0.1) is 0 Å². The zero-order chi connectivity index (χ0) is 15.0. The number of halogens is 1. The molecule has 0 aromatic heterocycles. The van der Waals surface area contributed by atoms with E-state index in [4.69, 9.17) is 21.7 Å². The minimum Gasteiger partial charge on any atom is -0.454 e. The zero-order valence-electron chi connectivity index (χ0n) is 11.3. The van der Waals surface area contributed by atoms with Gasteiger partial charge in [0.1, 0.15) is 5.70 Å². The van der Waals surface area contributed by atoms with Crippen molar-refractivity contribution in [1.82, 2.24) is 10.2 Å². The summed E-state index contributed by atoms with van der Waals surface area (Å²) in [5, 5.41) is 3.41. The lowest BCUT2D eigenvalue weighted by molar-refractivity contribution is -0.122. The highest BCUT2D eigenvalue weighted by Crippen LogP contribution is 2.37. The monoisotopic (exact) mass is 368 g/mol. The topological polar surface area (TPSA) is 50.8 Å². The second kappa shape index (κ2) is 5.65. The van der Waals surface area contributed by atoms with Crippen LogP contribution in [-0.4, -0.2) is 29.3 Å². The van der Waals surface area contributed by atoms with Gasteiger partial charge in [0.25, 0.3) is 5.91 Å². The van der Waals surface area contributed by atoms with Gasteiger partial charge in [0.05, 0.1) is 0 Å². The highest BCUT2D eigenvalue weighted by Gasteiger charge is 2.30. The molecule has 0 bridgehead atoms. The molecule has 0 unspecified atom stereocenters. The van der Waals surface area contributed by atoms with E-state index in [-0.39, 0.29) is 12.7 Å². The normalized spacial score (nSPS) is 18.6.